The summed E-state index contributed by atoms with van der Waals surface area (Å²) in [7, 11) is 0. The zero-order chi connectivity index (χ0) is 14.4. The van der Waals surface area contributed by atoms with Crippen LogP contribution in [0, 0.1) is 13.8 Å². The van der Waals surface area contributed by atoms with Crippen LogP contribution in [0.5, 0.6) is 0 Å². The molecule has 0 bridgehead atoms. The molecule has 4 nitrogen and oxygen atoms in total. The minimum absolute atomic E-state index is 0.803. The summed E-state index contributed by atoms with van der Waals surface area (Å²) in [5.74, 6) is 0.803. The van der Waals surface area contributed by atoms with Crippen molar-refractivity contribution in [3.8, 4) is 5.82 Å². The topological polar surface area (TPSA) is 43.6 Å². The molecule has 0 fully saturated rings. The molecule has 2 aromatic heterocycles. The van der Waals surface area contributed by atoms with Crippen molar-refractivity contribution in [3.05, 3.63) is 59.7 Å². The Morgan fingerprint density at radius 2 is 1.76 bits per heavy atom. The highest BCUT2D eigenvalue weighted by molar-refractivity contribution is 5.84. The number of para-hydroxylation sites is 1. The van der Waals surface area contributed by atoms with Gasteiger partial charge in [0.25, 0.3) is 0 Å². The van der Waals surface area contributed by atoms with Gasteiger partial charge < -0.3 is 0 Å². The molecule has 0 amide bonds. The third-order valence-corrected chi connectivity index (χ3v) is 3.73. The van der Waals surface area contributed by atoms with Gasteiger partial charge in [-0.1, -0.05) is 29.0 Å². The molecule has 0 aliphatic rings. The summed E-state index contributed by atoms with van der Waals surface area (Å²) in [6.07, 6.45) is 0. The fourth-order valence-corrected chi connectivity index (χ4v) is 2.64. The Bertz CT molecular complexity index is 969. The van der Waals surface area contributed by atoms with Gasteiger partial charge in [0.15, 0.2) is 5.82 Å². The van der Waals surface area contributed by atoms with Gasteiger partial charge in [-0.2, -0.15) is 4.68 Å². The van der Waals surface area contributed by atoms with Crippen LogP contribution in [0.4, 0.5) is 0 Å². The normalized spacial score (nSPS) is 11.3. The van der Waals surface area contributed by atoms with Crippen molar-refractivity contribution in [3.63, 3.8) is 0 Å². The summed E-state index contributed by atoms with van der Waals surface area (Å²) in [5, 5.41) is 9.61. The fraction of sp³-hybridized carbons (Fsp3) is 0.118. The van der Waals surface area contributed by atoms with E-state index in [1.165, 1.54) is 16.5 Å². The highest BCUT2D eigenvalue weighted by Crippen LogP contribution is 2.22. The SMILES string of the molecule is Cc1ccc2nc(-n3nnc4ccccc43)cc(C)c2c1. The summed E-state index contributed by atoms with van der Waals surface area (Å²) in [6, 6.07) is 16.3. The number of fused-ring (bicyclic) bond motifs is 2. The monoisotopic (exact) mass is 274 g/mol. The van der Waals surface area contributed by atoms with Gasteiger partial charge in [-0.15, -0.1) is 5.10 Å². The predicted octanol–water partition coefficient (Wildman–Crippen LogP) is 3.59. The van der Waals surface area contributed by atoms with E-state index in [2.05, 4.69) is 48.4 Å². The van der Waals surface area contributed by atoms with Gasteiger partial charge in [0.2, 0.25) is 0 Å². The highest BCUT2D eigenvalue weighted by Gasteiger charge is 2.09. The lowest BCUT2D eigenvalue weighted by atomic mass is 10.1. The predicted molar refractivity (Wildman–Crippen MR) is 83.6 cm³/mol. The number of rotatable bonds is 1. The Labute approximate surface area is 122 Å². The van der Waals surface area contributed by atoms with Crippen LogP contribution in [0.2, 0.25) is 0 Å². The Hall–Kier alpha value is -2.75. The van der Waals surface area contributed by atoms with Gasteiger partial charge in [0, 0.05) is 5.39 Å². The largest absolute Gasteiger partial charge is 0.229 e. The maximum absolute atomic E-state index is 4.73. The lowest BCUT2D eigenvalue weighted by molar-refractivity contribution is 0.804. The summed E-state index contributed by atoms with van der Waals surface area (Å²) in [4.78, 5) is 4.73. The number of aryl methyl sites for hydroxylation is 2. The van der Waals surface area contributed by atoms with E-state index in [0.29, 0.717) is 0 Å². The molecule has 0 unspecified atom stereocenters. The van der Waals surface area contributed by atoms with E-state index in [9.17, 15) is 0 Å². The van der Waals surface area contributed by atoms with Crippen molar-refractivity contribution < 1.29 is 0 Å². The number of nitrogens with zero attached hydrogens (tertiary/aromatic N) is 4. The number of hydrogen-bond acceptors (Lipinski definition) is 3. The summed E-state index contributed by atoms with van der Waals surface area (Å²) < 4.78 is 1.79. The molecule has 4 heteroatoms. The average molecular weight is 274 g/mol. The molecule has 0 radical (unpaired) electrons. The van der Waals surface area contributed by atoms with E-state index in [4.69, 9.17) is 4.98 Å². The Morgan fingerprint density at radius 3 is 2.67 bits per heavy atom. The molecule has 2 aromatic carbocycles. The molecule has 0 aliphatic heterocycles. The molecule has 4 aromatic rings. The van der Waals surface area contributed by atoms with Gasteiger partial charge in [0.05, 0.1) is 11.0 Å². The van der Waals surface area contributed by atoms with Gasteiger partial charge in [-0.25, -0.2) is 4.98 Å². The summed E-state index contributed by atoms with van der Waals surface area (Å²) in [6.45, 7) is 4.20. The Morgan fingerprint density at radius 1 is 0.905 bits per heavy atom. The van der Waals surface area contributed by atoms with E-state index in [-0.39, 0.29) is 0 Å². The minimum Gasteiger partial charge on any atom is -0.229 e. The molecular formula is C17H14N4. The van der Waals surface area contributed by atoms with Gasteiger partial charge >= 0.3 is 0 Å². The first kappa shape index (κ1) is 12.0. The molecule has 0 atom stereocenters. The molecule has 0 spiro atoms. The third-order valence-electron chi connectivity index (χ3n) is 3.73. The number of benzene rings is 2. The van der Waals surface area contributed by atoms with Crippen LogP contribution in [0.1, 0.15) is 11.1 Å². The highest BCUT2D eigenvalue weighted by atomic mass is 15.4. The lowest BCUT2D eigenvalue weighted by Crippen LogP contribution is -2.01. The van der Waals surface area contributed by atoms with Gasteiger partial charge in [-0.05, 0) is 49.7 Å². The van der Waals surface area contributed by atoms with Crippen molar-refractivity contribution in [1.29, 1.82) is 0 Å². The van der Waals surface area contributed by atoms with Crippen molar-refractivity contribution in [2.45, 2.75) is 13.8 Å². The second-order valence-corrected chi connectivity index (χ2v) is 5.31. The molecule has 0 saturated heterocycles. The van der Waals surface area contributed by atoms with Crippen LogP contribution < -0.4 is 0 Å². The second-order valence-electron chi connectivity index (χ2n) is 5.31. The van der Waals surface area contributed by atoms with Crippen molar-refractivity contribution in [1.82, 2.24) is 20.0 Å². The first-order valence-electron chi connectivity index (χ1n) is 6.91. The van der Waals surface area contributed by atoms with E-state index < -0.39 is 0 Å². The third kappa shape index (κ3) is 1.88. The summed E-state index contributed by atoms with van der Waals surface area (Å²) in [5.41, 5.74) is 5.26. The molecular weight excluding hydrogens is 260 g/mol. The molecule has 4 rings (SSSR count). The fourth-order valence-electron chi connectivity index (χ4n) is 2.64. The maximum atomic E-state index is 4.73. The zero-order valence-electron chi connectivity index (χ0n) is 11.9. The summed E-state index contributed by atoms with van der Waals surface area (Å²) >= 11 is 0. The smallest absolute Gasteiger partial charge is 0.156 e. The Balaban J connectivity index is 2.00. The van der Waals surface area contributed by atoms with Crippen LogP contribution in [0.3, 0.4) is 0 Å². The van der Waals surface area contributed by atoms with Gasteiger partial charge in [-0.3, -0.25) is 0 Å². The van der Waals surface area contributed by atoms with Crippen LogP contribution >= 0.6 is 0 Å². The van der Waals surface area contributed by atoms with E-state index in [1.807, 2.05) is 24.3 Å². The first-order chi connectivity index (χ1) is 10.2. The number of hydrogen-bond donors (Lipinski definition) is 0. The van der Waals surface area contributed by atoms with Crippen molar-refractivity contribution in [2.75, 3.05) is 0 Å². The number of aromatic nitrogens is 4. The van der Waals surface area contributed by atoms with Gasteiger partial charge in [0.1, 0.15) is 5.52 Å². The van der Waals surface area contributed by atoms with E-state index in [0.717, 1.165) is 22.4 Å². The van der Waals surface area contributed by atoms with E-state index >= 15 is 0 Å². The molecule has 0 N–H and O–H groups in total. The maximum Gasteiger partial charge on any atom is 0.156 e. The quantitative estimate of drug-likeness (QED) is 0.533. The molecule has 21 heavy (non-hydrogen) atoms. The van der Waals surface area contributed by atoms with Crippen LogP contribution in [0.15, 0.2) is 48.5 Å². The molecule has 102 valence electrons. The number of pyridine rings is 1. The average Bonchev–Trinajstić information content (AvgIpc) is 2.92. The van der Waals surface area contributed by atoms with Crippen molar-refractivity contribution in [2.24, 2.45) is 0 Å². The van der Waals surface area contributed by atoms with Crippen LogP contribution in [0.25, 0.3) is 27.8 Å². The van der Waals surface area contributed by atoms with Crippen LogP contribution in [-0.2, 0) is 0 Å². The first-order valence-corrected chi connectivity index (χ1v) is 6.91. The van der Waals surface area contributed by atoms with Crippen molar-refractivity contribution >= 4 is 21.9 Å². The zero-order valence-corrected chi connectivity index (χ0v) is 11.9. The van der Waals surface area contributed by atoms with Crippen LogP contribution in [-0.4, -0.2) is 20.0 Å². The lowest BCUT2D eigenvalue weighted by Gasteiger charge is -2.07. The van der Waals surface area contributed by atoms with E-state index in [1.54, 1.807) is 4.68 Å². The standard InChI is InChI=1S/C17H14N4/c1-11-7-8-14-13(9-11)12(2)10-17(18-14)21-16-6-4-3-5-15(16)19-20-21/h3-10H,1-2H3. The second kappa shape index (κ2) is 4.38. The molecule has 0 aliphatic carbocycles. The molecule has 2 heterocycles. The minimum atomic E-state index is 0.803. The Kier molecular flexibility index (Phi) is 2.51. The molecule has 0 saturated carbocycles.